The van der Waals surface area contributed by atoms with Gasteiger partial charge in [-0.3, -0.25) is 4.68 Å². The molecule has 1 N–H and O–H groups in total. The van der Waals surface area contributed by atoms with Gasteiger partial charge in [0.05, 0.1) is 25.5 Å². The molecule has 0 aliphatic carbocycles. The number of hydrogen-bond acceptors (Lipinski definition) is 4. The Morgan fingerprint density at radius 1 is 1.33 bits per heavy atom. The smallest absolute Gasteiger partial charge is 0.356 e. The Morgan fingerprint density at radius 2 is 1.95 bits per heavy atom. The quantitative estimate of drug-likeness (QED) is 0.909. The summed E-state index contributed by atoms with van der Waals surface area (Å²) in [5.74, 6) is -1.65. The van der Waals surface area contributed by atoms with Crippen LogP contribution in [0.15, 0.2) is 16.6 Å². The van der Waals surface area contributed by atoms with Gasteiger partial charge in [-0.15, -0.1) is 0 Å². The minimum absolute atomic E-state index is 0.0613. The molecule has 0 saturated heterocycles. The Balaban J connectivity index is 2.77. The molecule has 1 aromatic heterocycles. The van der Waals surface area contributed by atoms with Crippen LogP contribution >= 0.6 is 15.9 Å². The maximum Gasteiger partial charge on any atom is 0.356 e. The standard InChI is InChI=1S/C13H12BrFN2O4/c1-17-9(5-8(16-17)13(18)19)10-6(14)4-7(15)11(20-2)12(10)21-3/h4-5H,1-3H3,(H,18,19). The van der Waals surface area contributed by atoms with Crippen molar-refractivity contribution in [2.75, 3.05) is 14.2 Å². The SMILES string of the molecule is COc1c(F)cc(Br)c(-c2cc(C(=O)O)nn2C)c1OC. The Morgan fingerprint density at radius 3 is 2.43 bits per heavy atom. The van der Waals surface area contributed by atoms with Crippen molar-refractivity contribution in [2.24, 2.45) is 7.05 Å². The number of ether oxygens (including phenoxy) is 2. The molecule has 8 heteroatoms. The van der Waals surface area contributed by atoms with Gasteiger partial charge in [0.25, 0.3) is 0 Å². The van der Waals surface area contributed by atoms with Crippen LogP contribution in [0.1, 0.15) is 10.5 Å². The molecule has 2 aromatic rings. The zero-order valence-corrected chi connectivity index (χ0v) is 13.1. The van der Waals surface area contributed by atoms with Crippen LogP contribution in [-0.2, 0) is 7.05 Å². The molecule has 0 aliphatic heterocycles. The van der Waals surface area contributed by atoms with E-state index in [9.17, 15) is 9.18 Å². The topological polar surface area (TPSA) is 73.6 Å². The lowest BCUT2D eigenvalue weighted by atomic mass is 10.1. The Kier molecular flexibility index (Phi) is 4.17. The van der Waals surface area contributed by atoms with E-state index in [1.54, 1.807) is 7.05 Å². The molecule has 0 bridgehead atoms. The van der Waals surface area contributed by atoms with Crippen molar-refractivity contribution in [3.05, 3.63) is 28.1 Å². The second-order valence-electron chi connectivity index (χ2n) is 4.13. The van der Waals surface area contributed by atoms with E-state index in [1.807, 2.05) is 0 Å². The molecular formula is C13H12BrFN2O4. The highest BCUT2D eigenvalue weighted by molar-refractivity contribution is 9.10. The van der Waals surface area contributed by atoms with Crippen LogP contribution < -0.4 is 9.47 Å². The first kappa shape index (κ1) is 15.3. The fourth-order valence-electron chi connectivity index (χ4n) is 2.01. The van der Waals surface area contributed by atoms with Crippen LogP contribution in [0, 0.1) is 5.82 Å². The van der Waals surface area contributed by atoms with Gasteiger partial charge in [0.15, 0.2) is 23.0 Å². The van der Waals surface area contributed by atoms with Crippen LogP contribution in [0.4, 0.5) is 4.39 Å². The lowest BCUT2D eigenvalue weighted by Gasteiger charge is -2.15. The second kappa shape index (κ2) is 5.72. The summed E-state index contributed by atoms with van der Waals surface area (Å²) in [6.07, 6.45) is 0. The third-order valence-corrected chi connectivity index (χ3v) is 3.53. The number of carbonyl (C=O) groups is 1. The minimum atomic E-state index is -1.15. The summed E-state index contributed by atoms with van der Waals surface area (Å²) >= 11 is 3.26. The number of aromatic carboxylic acids is 1. The first-order chi connectivity index (χ1) is 9.90. The largest absolute Gasteiger partial charge is 0.492 e. The number of hydrogen-bond donors (Lipinski definition) is 1. The van der Waals surface area contributed by atoms with Gasteiger partial charge in [0, 0.05) is 11.5 Å². The fourth-order valence-corrected chi connectivity index (χ4v) is 2.59. The van der Waals surface area contributed by atoms with Crippen molar-refractivity contribution in [1.29, 1.82) is 0 Å². The van der Waals surface area contributed by atoms with E-state index >= 15 is 0 Å². The van der Waals surface area contributed by atoms with Gasteiger partial charge in [0.2, 0.25) is 0 Å². The average molecular weight is 359 g/mol. The lowest BCUT2D eigenvalue weighted by molar-refractivity contribution is 0.0689. The number of rotatable bonds is 4. The van der Waals surface area contributed by atoms with E-state index in [0.717, 1.165) is 0 Å². The summed E-state index contributed by atoms with van der Waals surface area (Å²) in [6.45, 7) is 0. The molecule has 6 nitrogen and oxygen atoms in total. The van der Waals surface area contributed by atoms with Gasteiger partial charge < -0.3 is 14.6 Å². The Labute approximate surface area is 128 Å². The molecule has 0 radical (unpaired) electrons. The Bertz CT molecular complexity index is 715. The predicted octanol–water partition coefficient (Wildman–Crippen LogP) is 2.70. The zero-order valence-electron chi connectivity index (χ0n) is 11.5. The molecular weight excluding hydrogens is 347 g/mol. The van der Waals surface area contributed by atoms with E-state index < -0.39 is 11.8 Å². The van der Waals surface area contributed by atoms with Crippen LogP contribution in [0.3, 0.4) is 0 Å². The molecule has 0 aliphatic rings. The fraction of sp³-hybridized carbons (Fsp3) is 0.231. The number of halogens is 2. The van der Waals surface area contributed by atoms with E-state index in [4.69, 9.17) is 14.6 Å². The highest BCUT2D eigenvalue weighted by atomic mass is 79.9. The van der Waals surface area contributed by atoms with Crippen LogP contribution in [0.2, 0.25) is 0 Å². The normalized spacial score (nSPS) is 10.5. The molecule has 1 heterocycles. The summed E-state index contributed by atoms with van der Waals surface area (Å²) in [5.41, 5.74) is 0.789. The van der Waals surface area contributed by atoms with Crippen molar-refractivity contribution in [2.45, 2.75) is 0 Å². The van der Waals surface area contributed by atoms with E-state index in [-0.39, 0.29) is 17.2 Å². The molecule has 0 amide bonds. The number of aromatic nitrogens is 2. The number of benzene rings is 1. The summed E-state index contributed by atoms with van der Waals surface area (Å²) in [7, 11) is 4.29. The highest BCUT2D eigenvalue weighted by Gasteiger charge is 2.24. The number of aryl methyl sites for hydroxylation is 1. The van der Waals surface area contributed by atoms with Crippen LogP contribution in [0.5, 0.6) is 11.5 Å². The molecule has 21 heavy (non-hydrogen) atoms. The number of carboxylic acids is 1. The molecule has 0 saturated carbocycles. The highest BCUT2D eigenvalue weighted by Crippen LogP contribution is 2.44. The minimum Gasteiger partial charge on any atom is -0.492 e. The van der Waals surface area contributed by atoms with Crippen molar-refractivity contribution < 1.29 is 23.8 Å². The predicted molar refractivity (Wildman–Crippen MR) is 76.4 cm³/mol. The third kappa shape index (κ3) is 2.58. The third-order valence-electron chi connectivity index (χ3n) is 2.91. The van der Waals surface area contributed by atoms with E-state index in [2.05, 4.69) is 21.0 Å². The first-order valence-electron chi connectivity index (χ1n) is 5.78. The summed E-state index contributed by atoms with van der Waals surface area (Å²) in [5, 5.41) is 12.9. The van der Waals surface area contributed by atoms with E-state index in [0.29, 0.717) is 15.7 Å². The van der Waals surface area contributed by atoms with E-state index in [1.165, 1.54) is 31.0 Å². The van der Waals surface area contributed by atoms with Crippen molar-refractivity contribution in [1.82, 2.24) is 9.78 Å². The number of methoxy groups -OCH3 is 2. The van der Waals surface area contributed by atoms with Gasteiger partial charge in [-0.2, -0.15) is 5.10 Å². The molecule has 0 spiro atoms. The summed E-state index contributed by atoms with van der Waals surface area (Å²) in [6, 6.07) is 2.60. The van der Waals surface area contributed by atoms with Crippen LogP contribution in [-0.4, -0.2) is 35.1 Å². The van der Waals surface area contributed by atoms with Gasteiger partial charge in [-0.1, -0.05) is 0 Å². The van der Waals surface area contributed by atoms with Gasteiger partial charge in [-0.25, -0.2) is 9.18 Å². The van der Waals surface area contributed by atoms with Crippen molar-refractivity contribution >= 4 is 21.9 Å². The molecule has 0 atom stereocenters. The first-order valence-corrected chi connectivity index (χ1v) is 6.57. The van der Waals surface area contributed by atoms with Gasteiger partial charge in [0.1, 0.15) is 0 Å². The maximum atomic E-state index is 13.9. The zero-order chi connectivity index (χ0) is 15.7. The molecule has 1 aromatic carbocycles. The number of carboxylic acid groups (broad SMARTS) is 1. The van der Waals surface area contributed by atoms with Gasteiger partial charge >= 0.3 is 5.97 Å². The monoisotopic (exact) mass is 358 g/mol. The van der Waals surface area contributed by atoms with Crippen molar-refractivity contribution in [3.8, 4) is 22.8 Å². The number of nitrogens with zero attached hydrogens (tertiary/aromatic N) is 2. The molecule has 0 unspecified atom stereocenters. The average Bonchev–Trinajstić information content (AvgIpc) is 2.80. The lowest BCUT2D eigenvalue weighted by Crippen LogP contribution is -2.01. The second-order valence-corrected chi connectivity index (χ2v) is 4.98. The van der Waals surface area contributed by atoms with Crippen molar-refractivity contribution in [3.63, 3.8) is 0 Å². The summed E-state index contributed by atoms with van der Waals surface area (Å²) in [4.78, 5) is 11.0. The van der Waals surface area contributed by atoms with Gasteiger partial charge in [-0.05, 0) is 28.1 Å². The molecule has 0 fully saturated rings. The Hall–Kier alpha value is -2.09. The molecule has 2 rings (SSSR count). The van der Waals surface area contributed by atoms with Crippen LogP contribution in [0.25, 0.3) is 11.3 Å². The summed E-state index contributed by atoms with van der Waals surface area (Å²) < 4.78 is 25.9. The maximum absolute atomic E-state index is 13.9. The molecule has 112 valence electrons.